The van der Waals surface area contributed by atoms with Gasteiger partial charge in [0.1, 0.15) is 18.1 Å². The molecule has 0 radical (unpaired) electrons. The Bertz CT molecular complexity index is 1400. The molecular formula is C29H35N5O7S. The number of aromatic amines is 1. The zero-order chi connectivity index (χ0) is 30.6. The fourth-order valence-electron chi connectivity index (χ4n) is 4.39. The lowest BCUT2D eigenvalue weighted by Crippen LogP contribution is -2.58. The van der Waals surface area contributed by atoms with Gasteiger partial charge in [0.15, 0.2) is 0 Å². The van der Waals surface area contributed by atoms with E-state index in [9.17, 15) is 34.2 Å². The summed E-state index contributed by atoms with van der Waals surface area (Å²) in [7, 11) is 0. The largest absolute Gasteiger partial charge is 0.481 e. The van der Waals surface area contributed by atoms with Gasteiger partial charge in [0, 0.05) is 23.5 Å². The van der Waals surface area contributed by atoms with Gasteiger partial charge in [-0.15, -0.1) is 0 Å². The molecule has 0 aliphatic heterocycles. The Morgan fingerprint density at radius 1 is 0.833 bits per heavy atom. The van der Waals surface area contributed by atoms with E-state index in [1.54, 1.807) is 36.7 Å². The molecule has 0 spiro atoms. The molecular weight excluding hydrogens is 562 g/mol. The third-order valence-electron chi connectivity index (χ3n) is 6.60. The molecule has 0 saturated carbocycles. The summed E-state index contributed by atoms with van der Waals surface area (Å²) in [6, 6.07) is 11.3. The number of rotatable bonds is 16. The van der Waals surface area contributed by atoms with Gasteiger partial charge in [-0.25, -0.2) is 4.79 Å². The molecule has 12 nitrogen and oxygen atoms in total. The molecule has 224 valence electrons. The van der Waals surface area contributed by atoms with E-state index >= 15 is 0 Å². The van der Waals surface area contributed by atoms with Crippen molar-refractivity contribution < 1.29 is 34.2 Å². The molecule has 3 amide bonds. The number of para-hydroxylation sites is 1. The number of H-pyrrole nitrogens is 1. The highest BCUT2D eigenvalue weighted by Gasteiger charge is 2.31. The summed E-state index contributed by atoms with van der Waals surface area (Å²) in [4.78, 5) is 65.8. The van der Waals surface area contributed by atoms with Gasteiger partial charge in [0.05, 0.1) is 12.5 Å². The van der Waals surface area contributed by atoms with Crippen LogP contribution in [-0.4, -0.2) is 81.0 Å². The Hall–Kier alpha value is -4.36. The highest BCUT2D eigenvalue weighted by molar-refractivity contribution is 7.98. The van der Waals surface area contributed by atoms with Crippen molar-refractivity contribution in [3.8, 4) is 0 Å². The predicted octanol–water partition coefficient (Wildman–Crippen LogP) is 1.05. The zero-order valence-electron chi connectivity index (χ0n) is 23.0. The maximum absolute atomic E-state index is 13.2. The lowest BCUT2D eigenvalue weighted by atomic mass is 10.0. The van der Waals surface area contributed by atoms with Crippen molar-refractivity contribution in [2.75, 3.05) is 12.0 Å². The topological polar surface area (TPSA) is 204 Å². The molecule has 3 aromatic rings. The molecule has 0 aliphatic carbocycles. The second-order valence-electron chi connectivity index (χ2n) is 9.76. The number of carboxylic acid groups (broad SMARTS) is 2. The van der Waals surface area contributed by atoms with Crippen LogP contribution >= 0.6 is 11.8 Å². The number of nitrogens with two attached hydrogens (primary N) is 1. The Morgan fingerprint density at radius 3 is 2.12 bits per heavy atom. The Kier molecular flexibility index (Phi) is 11.9. The number of aliphatic carboxylic acids is 2. The molecule has 13 heteroatoms. The first-order valence-corrected chi connectivity index (χ1v) is 14.7. The maximum atomic E-state index is 13.2. The first kappa shape index (κ1) is 32.2. The molecule has 0 saturated heterocycles. The number of carboxylic acids is 2. The number of nitrogens with one attached hydrogen (secondary N) is 4. The average Bonchev–Trinajstić information content (AvgIpc) is 3.37. The van der Waals surface area contributed by atoms with Gasteiger partial charge in [-0.05, 0) is 42.0 Å². The number of benzene rings is 2. The van der Waals surface area contributed by atoms with Crippen LogP contribution in [0, 0.1) is 0 Å². The quantitative estimate of drug-likeness (QED) is 0.126. The van der Waals surface area contributed by atoms with Crippen LogP contribution in [-0.2, 0) is 36.8 Å². The smallest absolute Gasteiger partial charge is 0.326 e. The van der Waals surface area contributed by atoms with Gasteiger partial charge in [-0.3, -0.25) is 19.2 Å². The summed E-state index contributed by atoms with van der Waals surface area (Å²) in [5.74, 6) is -4.53. The summed E-state index contributed by atoms with van der Waals surface area (Å²) in [5, 5.41) is 27.4. The third kappa shape index (κ3) is 9.35. The second-order valence-corrected chi connectivity index (χ2v) is 10.7. The molecule has 0 aliphatic rings. The lowest BCUT2D eigenvalue weighted by molar-refractivity contribution is -0.143. The van der Waals surface area contributed by atoms with E-state index in [4.69, 9.17) is 5.73 Å². The van der Waals surface area contributed by atoms with Crippen molar-refractivity contribution in [1.82, 2.24) is 20.9 Å². The number of fused-ring (bicyclic) bond motifs is 1. The number of hydrogen-bond acceptors (Lipinski definition) is 7. The van der Waals surface area contributed by atoms with E-state index < -0.39 is 60.2 Å². The molecule has 1 aromatic heterocycles. The van der Waals surface area contributed by atoms with Crippen LogP contribution in [0.15, 0.2) is 60.8 Å². The van der Waals surface area contributed by atoms with Crippen LogP contribution in [0.3, 0.4) is 0 Å². The standard InChI is InChI=1S/C29H35N5O7S/c1-42-12-11-22(27(38)34-24(29(40)41)14-18-16-31-21-10-6-5-9-19(18)21)32-28(39)23(15-25(35)36)33-26(37)20(30)13-17-7-3-2-4-8-17/h2-10,16,20,22-24,31H,11-15,30H2,1H3,(H,32,39)(H,33,37)(H,34,38)(H,35,36)(H,40,41). The van der Waals surface area contributed by atoms with Gasteiger partial charge in [0.2, 0.25) is 17.7 Å². The number of aromatic nitrogens is 1. The van der Waals surface area contributed by atoms with E-state index in [1.165, 1.54) is 11.8 Å². The Morgan fingerprint density at radius 2 is 1.45 bits per heavy atom. The predicted molar refractivity (Wildman–Crippen MR) is 159 cm³/mol. The van der Waals surface area contributed by atoms with E-state index in [-0.39, 0.29) is 19.3 Å². The van der Waals surface area contributed by atoms with E-state index in [1.807, 2.05) is 30.3 Å². The van der Waals surface area contributed by atoms with Crippen LogP contribution in [0.5, 0.6) is 0 Å². The molecule has 0 fully saturated rings. The first-order valence-electron chi connectivity index (χ1n) is 13.3. The van der Waals surface area contributed by atoms with Crippen molar-refractivity contribution in [3.05, 3.63) is 71.9 Å². The number of hydrogen-bond donors (Lipinski definition) is 7. The number of carbonyl (C=O) groups excluding carboxylic acids is 3. The summed E-state index contributed by atoms with van der Waals surface area (Å²) < 4.78 is 0. The summed E-state index contributed by atoms with van der Waals surface area (Å²) in [6.45, 7) is 0. The molecule has 2 aromatic carbocycles. The van der Waals surface area contributed by atoms with E-state index in [0.29, 0.717) is 11.3 Å². The third-order valence-corrected chi connectivity index (χ3v) is 7.25. The molecule has 42 heavy (non-hydrogen) atoms. The Labute approximate surface area is 246 Å². The number of carbonyl (C=O) groups is 5. The molecule has 4 unspecified atom stereocenters. The summed E-state index contributed by atoms with van der Waals surface area (Å²) >= 11 is 1.41. The maximum Gasteiger partial charge on any atom is 0.326 e. The molecule has 0 bridgehead atoms. The van der Waals surface area contributed by atoms with E-state index in [2.05, 4.69) is 20.9 Å². The van der Waals surface area contributed by atoms with Gasteiger partial charge < -0.3 is 36.9 Å². The molecule has 1 heterocycles. The van der Waals surface area contributed by atoms with Crippen molar-refractivity contribution in [2.45, 2.75) is 49.9 Å². The highest BCUT2D eigenvalue weighted by atomic mass is 32.2. The number of thioether (sulfide) groups is 1. The minimum absolute atomic E-state index is 0.00865. The van der Waals surface area contributed by atoms with Crippen LogP contribution in [0.2, 0.25) is 0 Å². The minimum Gasteiger partial charge on any atom is -0.481 e. The SMILES string of the molecule is CSCCC(NC(=O)C(CC(=O)O)NC(=O)C(N)Cc1ccccc1)C(=O)NC(Cc1c[nH]c2ccccc12)C(=O)O. The van der Waals surface area contributed by atoms with Crippen molar-refractivity contribution >= 4 is 52.3 Å². The molecule has 3 rings (SSSR count). The number of amides is 3. The normalized spacial score (nSPS) is 13.9. The highest BCUT2D eigenvalue weighted by Crippen LogP contribution is 2.19. The summed E-state index contributed by atoms with van der Waals surface area (Å²) in [6.07, 6.45) is 3.03. The Balaban J connectivity index is 1.70. The first-order chi connectivity index (χ1) is 20.1. The molecule has 8 N–H and O–H groups in total. The van der Waals surface area contributed by atoms with Crippen molar-refractivity contribution in [1.29, 1.82) is 0 Å². The monoisotopic (exact) mass is 597 g/mol. The average molecular weight is 598 g/mol. The van der Waals surface area contributed by atoms with Crippen LogP contribution in [0.1, 0.15) is 24.0 Å². The fraction of sp³-hybridized carbons (Fsp3) is 0.345. The van der Waals surface area contributed by atoms with E-state index in [0.717, 1.165) is 16.5 Å². The van der Waals surface area contributed by atoms with Crippen LogP contribution in [0.4, 0.5) is 0 Å². The minimum atomic E-state index is -1.51. The van der Waals surface area contributed by atoms with Crippen LogP contribution < -0.4 is 21.7 Å². The van der Waals surface area contributed by atoms with Crippen LogP contribution in [0.25, 0.3) is 10.9 Å². The lowest BCUT2D eigenvalue weighted by Gasteiger charge is -2.24. The molecule has 4 atom stereocenters. The van der Waals surface area contributed by atoms with Gasteiger partial charge >= 0.3 is 11.9 Å². The van der Waals surface area contributed by atoms with Gasteiger partial charge in [-0.1, -0.05) is 48.5 Å². The van der Waals surface area contributed by atoms with Crippen molar-refractivity contribution in [2.24, 2.45) is 5.73 Å². The zero-order valence-corrected chi connectivity index (χ0v) is 23.9. The second kappa shape index (κ2) is 15.6. The summed E-state index contributed by atoms with van der Waals surface area (Å²) in [5.41, 5.74) is 8.30. The fourth-order valence-corrected chi connectivity index (χ4v) is 4.86. The van der Waals surface area contributed by atoms with Gasteiger partial charge in [0.25, 0.3) is 0 Å². The van der Waals surface area contributed by atoms with Crippen molar-refractivity contribution in [3.63, 3.8) is 0 Å². The van der Waals surface area contributed by atoms with Gasteiger partial charge in [-0.2, -0.15) is 11.8 Å².